The zero-order valence-electron chi connectivity index (χ0n) is 14.5. The van der Waals surface area contributed by atoms with E-state index in [2.05, 4.69) is 17.0 Å². The van der Waals surface area contributed by atoms with Gasteiger partial charge in [-0.1, -0.05) is 31.2 Å². The van der Waals surface area contributed by atoms with Crippen molar-refractivity contribution in [2.24, 2.45) is 0 Å². The van der Waals surface area contributed by atoms with Crippen LogP contribution in [0.5, 0.6) is 5.75 Å². The second kappa shape index (κ2) is 9.43. The number of alkyl halides is 3. The van der Waals surface area contributed by atoms with Gasteiger partial charge in [-0.05, 0) is 48.8 Å². The minimum absolute atomic E-state index is 0.0899. The average Bonchev–Trinajstić information content (AvgIpc) is 2.61. The molecule has 0 aliphatic heterocycles. The van der Waals surface area contributed by atoms with Crippen LogP contribution in [0.1, 0.15) is 35.6 Å². The summed E-state index contributed by atoms with van der Waals surface area (Å²) in [5.74, 6) is 0.611. The maximum atomic E-state index is 13.4. The van der Waals surface area contributed by atoms with Crippen LogP contribution < -0.4 is 10.1 Å². The van der Waals surface area contributed by atoms with Crippen LogP contribution in [0.15, 0.2) is 36.4 Å². The van der Waals surface area contributed by atoms with E-state index in [1.165, 1.54) is 17.7 Å². The highest BCUT2D eigenvalue weighted by atomic mass is 32.1. The van der Waals surface area contributed by atoms with Gasteiger partial charge in [0, 0.05) is 16.8 Å². The molecule has 140 valence electrons. The van der Waals surface area contributed by atoms with Gasteiger partial charge in [-0.15, -0.1) is 0 Å². The lowest BCUT2D eigenvalue weighted by Crippen LogP contribution is -2.15. The third-order valence-corrected chi connectivity index (χ3v) is 4.11. The monoisotopic (exact) mass is 383 g/mol. The third kappa shape index (κ3) is 5.11. The van der Waals surface area contributed by atoms with Crippen molar-refractivity contribution in [3.05, 3.63) is 58.7 Å². The summed E-state index contributed by atoms with van der Waals surface area (Å²) >= 11 is 4.83. The quantitative estimate of drug-likeness (QED) is 0.620. The van der Waals surface area contributed by atoms with E-state index in [0.717, 1.165) is 12.0 Å². The standard InChI is InChI=1S/C19H20F3NO2S/c1-3-13-7-8-17(12(2)9-13)24-10-15-14(18(21)22)5-4-6-16(15)23-19(26)25-11-20/h4-9,18H,3,10-11H2,1-2H3,(H,23,26). The maximum absolute atomic E-state index is 13.4. The molecule has 0 saturated heterocycles. The van der Waals surface area contributed by atoms with E-state index < -0.39 is 13.3 Å². The summed E-state index contributed by atoms with van der Waals surface area (Å²) in [7, 11) is 0. The molecule has 0 aliphatic carbocycles. The van der Waals surface area contributed by atoms with E-state index in [-0.39, 0.29) is 22.9 Å². The van der Waals surface area contributed by atoms with Crippen LogP contribution in [0.4, 0.5) is 18.9 Å². The van der Waals surface area contributed by atoms with Gasteiger partial charge in [-0.3, -0.25) is 0 Å². The number of thiocarbonyl (C=S) groups is 1. The highest BCUT2D eigenvalue weighted by Crippen LogP contribution is 2.30. The lowest BCUT2D eigenvalue weighted by Gasteiger charge is -2.17. The molecule has 0 fully saturated rings. The Bertz CT molecular complexity index is 768. The number of benzene rings is 2. The van der Waals surface area contributed by atoms with Crippen LogP contribution in [0.3, 0.4) is 0 Å². The number of rotatable bonds is 7. The Labute approximate surface area is 156 Å². The molecule has 1 N–H and O–H groups in total. The summed E-state index contributed by atoms with van der Waals surface area (Å²) in [6.07, 6.45) is -1.79. The highest BCUT2D eigenvalue weighted by Gasteiger charge is 2.18. The fourth-order valence-electron chi connectivity index (χ4n) is 2.53. The molecule has 2 aromatic rings. The number of aryl methyl sites for hydroxylation is 2. The van der Waals surface area contributed by atoms with Crippen molar-refractivity contribution < 1.29 is 22.6 Å². The summed E-state index contributed by atoms with van der Waals surface area (Å²) in [4.78, 5) is 0. The molecule has 0 saturated carbocycles. The number of halogens is 3. The van der Waals surface area contributed by atoms with E-state index in [0.29, 0.717) is 11.4 Å². The molecule has 0 atom stereocenters. The molecule has 0 aromatic heterocycles. The van der Waals surface area contributed by atoms with E-state index in [1.807, 2.05) is 25.1 Å². The zero-order valence-corrected chi connectivity index (χ0v) is 15.3. The lowest BCUT2D eigenvalue weighted by atomic mass is 10.1. The van der Waals surface area contributed by atoms with Gasteiger partial charge in [0.2, 0.25) is 6.86 Å². The molecule has 0 spiro atoms. The predicted octanol–water partition coefficient (Wildman–Crippen LogP) is 5.71. The number of ether oxygens (including phenoxy) is 2. The van der Waals surface area contributed by atoms with Gasteiger partial charge in [0.15, 0.2) is 0 Å². The fourth-order valence-corrected chi connectivity index (χ4v) is 2.68. The maximum Gasteiger partial charge on any atom is 0.264 e. The highest BCUT2D eigenvalue weighted by molar-refractivity contribution is 7.80. The van der Waals surface area contributed by atoms with Gasteiger partial charge in [0.25, 0.3) is 11.6 Å². The normalized spacial score (nSPS) is 10.7. The first-order valence-electron chi connectivity index (χ1n) is 8.08. The van der Waals surface area contributed by atoms with Crippen LogP contribution in [0.2, 0.25) is 0 Å². The van der Waals surface area contributed by atoms with E-state index in [4.69, 9.17) is 17.0 Å². The Morgan fingerprint density at radius 2 is 2.00 bits per heavy atom. The topological polar surface area (TPSA) is 30.5 Å². The number of anilines is 1. The zero-order chi connectivity index (χ0) is 19.1. The van der Waals surface area contributed by atoms with Gasteiger partial charge in [0.1, 0.15) is 12.4 Å². The summed E-state index contributed by atoms with van der Waals surface area (Å²) in [6.45, 7) is 2.76. The van der Waals surface area contributed by atoms with E-state index in [1.54, 1.807) is 6.07 Å². The first-order chi connectivity index (χ1) is 12.5. The van der Waals surface area contributed by atoms with Crippen molar-refractivity contribution in [3.63, 3.8) is 0 Å². The largest absolute Gasteiger partial charge is 0.489 e. The summed E-state index contributed by atoms with van der Waals surface area (Å²) < 4.78 is 49.3. The third-order valence-electron chi connectivity index (χ3n) is 3.89. The molecule has 0 radical (unpaired) electrons. The predicted molar refractivity (Wildman–Crippen MR) is 99.6 cm³/mol. The Morgan fingerprint density at radius 3 is 2.62 bits per heavy atom. The van der Waals surface area contributed by atoms with Crippen LogP contribution in [-0.4, -0.2) is 12.0 Å². The SMILES string of the molecule is CCc1ccc(OCc2c(NC(=S)OCF)cccc2C(F)F)c(C)c1. The Kier molecular flexibility index (Phi) is 7.26. The fraction of sp³-hybridized carbons (Fsp3) is 0.316. The van der Waals surface area contributed by atoms with Crippen LogP contribution in [0.25, 0.3) is 0 Å². The minimum Gasteiger partial charge on any atom is -0.489 e. The van der Waals surface area contributed by atoms with E-state index >= 15 is 0 Å². The molecule has 0 unspecified atom stereocenters. The van der Waals surface area contributed by atoms with E-state index in [9.17, 15) is 13.2 Å². The van der Waals surface area contributed by atoms with Crippen molar-refractivity contribution in [2.45, 2.75) is 33.3 Å². The molecular formula is C19H20F3NO2S. The smallest absolute Gasteiger partial charge is 0.264 e. The Balaban J connectivity index is 2.27. The first-order valence-corrected chi connectivity index (χ1v) is 8.49. The van der Waals surface area contributed by atoms with Crippen molar-refractivity contribution in [3.8, 4) is 5.75 Å². The van der Waals surface area contributed by atoms with Crippen molar-refractivity contribution in [2.75, 3.05) is 12.2 Å². The minimum atomic E-state index is -2.69. The molecular weight excluding hydrogens is 363 g/mol. The van der Waals surface area contributed by atoms with Gasteiger partial charge >= 0.3 is 0 Å². The van der Waals surface area contributed by atoms with Crippen molar-refractivity contribution in [1.82, 2.24) is 0 Å². The first kappa shape index (κ1) is 20.0. The number of nitrogens with one attached hydrogen (secondary N) is 1. The summed E-state index contributed by atoms with van der Waals surface area (Å²) in [6, 6.07) is 10.1. The van der Waals surface area contributed by atoms with Gasteiger partial charge in [0.05, 0.1) is 0 Å². The number of hydrogen-bond donors (Lipinski definition) is 1. The molecule has 0 amide bonds. The van der Waals surface area contributed by atoms with Crippen molar-refractivity contribution in [1.29, 1.82) is 0 Å². The van der Waals surface area contributed by atoms with Crippen molar-refractivity contribution >= 4 is 23.1 Å². The molecule has 7 heteroatoms. The summed E-state index contributed by atoms with van der Waals surface area (Å²) in [5, 5.41) is 2.40. The van der Waals surface area contributed by atoms with Crippen LogP contribution >= 0.6 is 12.2 Å². The lowest BCUT2D eigenvalue weighted by molar-refractivity contribution is 0.148. The molecule has 3 nitrogen and oxygen atoms in total. The van der Waals surface area contributed by atoms with Gasteiger partial charge in [-0.2, -0.15) is 0 Å². The van der Waals surface area contributed by atoms with Crippen LogP contribution in [-0.2, 0) is 17.8 Å². The molecule has 2 aromatic carbocycles. The second-order valence-corrected chi connectivity index (χ2v) is 5.95. The summed E-state index contributed by atoms with van der Waals surface area (Å²) in [5.41, 5.74) is 2.44. The molecule has 0 heterocycles. The molecule has 0 aliphatic rings. The molecule has 2 rings (SSSR count). The van der Waals surface area contributed by atoms with Gasteiger partial charge < -0.3 is 14.8 Å². The second-order valence-electron chi connectivity index (χ2n) is 5.58. The molecule has 26 heavy (non-hydrogen) atoms. The number of hydrogen-bond acceptors (Lipinski definition) is 3. The molecule has 0 bridgehead atoms. The Morgan fingerprint density at radius 1 is 1.23 bits per heavy atom. The van der Waals surface area contributed by atoms with Crippen LogP contribution in [0, 0.1) is 6.92 Å². The Hall–Kier alpha value is -2.28. The average molecular weight is 383 g/mol. The van der Waals surface area contributed by atoms with Gasteiger partial charge in [-0.25, -0.2) is 13.2 Å².